The maximum atomic E-state index is 9.32. The molecular formula is C3H4N2O. The molecule has 0 aromatic heterocycles. The quantitative estimate of drug-likeness (QED) is 0.245. The summed E-state index contributed by atoms with van der Waals surface area (Å²) in [5, 5.41) is 4.90. The van der Waals surface area contributed by atoms with Crippen LogP contribution in [0.2, 0.25) is 0 Å². The number of isocyanates is 1. The Morgan fingerprint density at radius 3 is 2.50 bits per heavy atom. The first kappa shape index (κ1) is 3.37. The van der Waals surface area contributed by atoms with Crippen LogP contribution in [0, 0.1) is 0 Å². The molecule has 1 aliphatic rings. The Labute approximate surface area is 35.3 Å². The zero-order valence-electron chi connectivity index (χ0n) is 3.22. The minimum absolute atomic E-state index is 0.926. The lowest BCUT2D eigenvalue weighted by molar-refractivity contribution is 0.536. The second kappa shape index (κ2) is 1.11. The van der Waals surface area contributed by atoms with Crippen LogP contribution in [0.15, 0.2) is 5.10 Å². The van der Waals surface area contributed by atoms with Crippen molar-refractivity contribution in [2.75, 3.05) is 13.1 Å². The number of rotatable bonds is 1. The van der Waals surface area contributed by atoms with Crippen molar-refractivity contribution < 1.29 is 4.79 Å². The van der Waals surface area contributed by atoms with E-state index in [0.29, 0.717) is 0 Å². The maximum absolute atomic E-state index is 9.32. The normalized spacial score (nSPS) is 16.3. The number of hydrogen-bond donors (Lipinski definition) is 0. The first-order valence-electron chi connectivity index (χ1n) is 1.76. The van der Waals surface area contributed by atoms with Gasteiger partial charge in [-0.2, -0.15) is 0 Å². The van der Waals surface area contributed by atoms with Crippen LogP contribution in [0.1, 0.15) is 0 Å². The average molecular weight is 84.1 g/mol. The molecular weight excluding hydrogens is 80.0 g/mol. The molecule has 3 nitrogen and oxygen atoms in total. The minimum atomic E-state index is 0.926. The van der Waals surface area contributed by atoms with Crippen molar-refractivity contribution in [3.63, 3.8) is 0 Å². The molecule has 32 valence electrons. The fraction of sp³-hybridized carbons (Fsp3) is 0.667. The highest BCUT2D eigenvalue weighted by atomic mass is 16.1. The molecule has 0 aromatic rings. The van der Waals surface area contributed by atoms with Crippen LogP contribution in [0.25, 0.3) is 0 Å². The monoisotopic (exact) mass is 84.0 g/mol. The van der Waals surface area contributed by atoms with Crippen molar-refractivity contribution in [3.05, 3.63) is 0 Å². The molecule has 0 bridgehead atoms. The minimum Gasteiger partial charge on any atom is -0.282 e. The van der Waals surface area contributed by atoms with Gasteiger partial charge >= 0.3 is 0 Å². The predicted octanol–water partition coefficient (Wildman–Crippen LogP) is -0.447. The molecule has 0 aromatic carbocycles. The highest BCUT2D eigenvalue weighted by molar-refractivity contribution is 5.32. The predicted molar refractivity (Wildman–Crippen MR) is 19.7 cm³/mol. The van der Waals surface area contributed by atoms with E-state index in [4.69, 9.17) is 0 Å². The molecule has 0 unspecified atom stereocenters. The van der Waals surface area contributed by atoms with Crippen LogP contribution in [0.4, 0.5) is 0 Å². The van der Waals surface area contributed by atoms with Gasteiger partial charge in [-0.1, -0.05) is 5.10 Å². The molecule has 0 atom stereocenters. The molecule has 0 aliphatic carbocycles. The van der Waals surface area contributed by atoms with E-state index in [1.807, 2.05) is 0 Å². The van der Waals surface area contributed by atoms with E-state index in [0.717, 1.165) is 13.1 Å². The highest BCUT2D eigenvalue weighted by Gasteiger charge is 2.12. The van der Waals surface area contributed by atoms with Gasteiger partial charge in [0.1, 0.15) is 0 Å². The zero-order chi connectivity index (χ0) is 4.41. The van der Waals surface area contributed by atoms with Crippen LogP contribution in [-0.4, -0.2) is 24.2 Å². The van der Waals surface area contributed by atoms with E-state index in [-0.39, 0.29) is 0 Å². The van der Waals surface area contributed by atoms with E-state index in [1.54, 1.807) is 5.01 Å². The summed E-state index contributed by atoms with van der Waals surface area (Å²) in [5.41, 5.74) is 0. The summed E-state index contributed by atoms with van der Waals surface area (Å²) in [5.74, 6) is 0. The third kappa shape index (κ3) is 0.563. The van der Waals surface area contributed by atoms with Gasteiger partial charge in [0.05, 0.1) is 13.1 Å². The number of nitrogens with zero attached hydrogens (tertiary/aromatic N) is 2. The second-order valence-corrected chi connectivity index (χ2v) is 1.14. The molecule has 0 saturated carbocycles. The van der Waals surface area contributed by atoms with Gasteiger partial charge in [-0.05, 0) is 0 Å². The van der Waals surface area contributed by atoms with Gasteiger partial charge in [0.15, 0.2) is 0 Å². The molecule has 0 amide bonds. The molecule has 1 heterocycles. The fourth-order valence-electron chi connectivity index (χ4n) is 0.202. The summed E-state index contributed by atoms with van der Waals surface area (Å²) >= 11 is 0. The Morgan fingerprint density at radius 1 is 1.67 bits per heavy atom. The van der Waals surface area contributed by atoms with E-state index >= 15 is 0 Å². The fourth-order valence-corrected chi connectivity index (χ4v) is 0.202. The first-order valence-corrected chi connectivity index (χ1v) is 1.76. The van der Waals surface area contributed by atoms with E-state index in [2.05, 4.69) is 5.10 Å². The van der Waals surface area contributed by atoms with Crippen LogP contribution in [0.5, 0.6) is 0 Å². The summed E-state index contributed by atoms with van der Waals surface area (Å²) in [7, 11) is 0. The second-order valence-electron chi connectivity index (χ2n) is 1.14. The third-order valence-electron chi connectivity index (χ3n) is 0.606. The largest absolute Gasteiger partial charge is 0.282 e. The molecule has 0 N–H and O–H groups in total. The van der Waals surface area contributed by atoms with Gasteiger partial charge in [0.25, 0.3) is 6.08 Å². The van der Waals surface area contributed by atoms with Crippen molar-refractivity contribution in [2.24, 2.45) is 5.10 Å². The van der Waals surface area contributed by atoms with E-state index in [9.17, 15) is 4.79 Å². The summed E-state index contributed by atoms with van der Waals surface area (Å²) < 4.78 is 0. The van der Waals surface area contributed by atoms with Crippen molar-refractivity contribution in [3.8, 4) is 0 Å². The van der Waals surface area contributed by atoms with Crippen LogP contribution < -0.4 is 0 Å². The van der Waals surface area contributed by atoms with Crippen molar-refractivity contribution in [2.45, 2.75) is 0 Å². The standard InChI is InChI=1S/C3H4N2O/c6-3-4-5-1-2-5/h1-2H2. The van der Waals surface area contributed by atoms with Crippen molar-refractivity contribution in [1.29, 1.82) is 0 Å². The SMILES string of the molecule is O=C=NN1CC1. The number of hydrazone groups is 1. The van der Waals surface area contributed by atoms with Crippen LogP contribution in [-0.2, 0) is 4.79 Å². The molecule has 1 aliphatic heterocycles. The van der Waals surface area contributed by atoms with Gasteiger partial charge in [-0.25, -0.2) is 4.79 Å². The lowest BCUT2D eigenvalue weighted by Crippen LogP contribution is -1.76. The maximum Gasteiger partial charge on any atom is 0.258 e. The van der Waals surface area contributed by atoms with Gasteiger partial charge in [0, 0.05) is 0 Å². The lowest BCUT2D eigenvalue weighted by Gasteiger charge is -1.74. The topological polar surface area (TPSA) is 32.4 Å². The smallest absolute Gasteiger partial charge is 0.258 e. The Hall–Kier alpha value is -0.820. The van der Waals surface area contributed by atoms with Crippen LogP contribution >= 0.6 is 0 Å². The van der Waals surface area contributed by atoms with Crippen LogP contribution in [0.3, 0.4) is 0 Å². The third-order valence-corrected chi connectivity index (χ3v) is 0.606. The summed E-state index contributed by atoms with van der Waals surface area (Å²) in [6.07, 6.45) is 1.43. The Balaban J connectivity index is 2.33. The Kier molecular flexibility index (Phi) is 0.622. The van der Waals surface area contributed by atoms with Gasteiger partial charge in [0.2, 0.25) is 0 Å². The summed E-state index contributed by atoms with van der Waals surface area (Å²) in [6.45, 7) is 1.85. The number of hydrogen-bond acceptors (Lipinski definition) is 3. The molecule has 1 rings (SSSR count). The Bertz CT molecular complexity index is 91.0. The highest BCUT2D eigenvalue weighted by Crippen LogP contribution is 1.99. The van der Waals surface area contributed by atoms with E-state index < -0.39 is 0 Å². The molecule has 0 spiro atoms. The Morgan fingerprint density at radius 2 is 2.33 bits per heavy atom. The first-order chi connectivity index (χ1) is 2.93. The molecule has 0 radical (unpaired) electrons. The average Bonchev–Trinajstić information content (AvgIpc) is 2.21. The van der Waals surface area contributed by atoms with Gasteiger partial charge in [-0.3, -0.25) is 5.01 Å². The molecule has 1 saturated heterocycles. The molecule has 1 fully saturated rings. The van der Waals surface area contributed by atoms with Gasteiger partial charge < -0.3 is 0 Å². The number of carbonyl (C=O) groups excluding carboxylic acids is 1. The molecule has 6 heavy (non-hydrogen) atoms. The van der Waals surface area contributed by atoms with Gasteiger partial charge in [-0.15, -0.1) is 0 Å². The summed E-state index contributed by atoms with van der Waals surface area (Å²) in [4.78, 5) is 9.32. The van der Waals surface area contributed by atoms with E-state index in [1.165, 1.54) is 6.08 Å². The van der Waals surface area contributed by atoms with Crippen molar-refractivity contribution in [1.82, 2.24) is 5.01 Å². The zero-order valence-corrected chi connectivity index (χ0v) is 3.22. The van der Waals surface area contributed by atoms with Crippen molar-refractivity contribution >= 4 is 6.08 Å². The lowest BCUT2D eigenvalue weighted by atomic mass is 11.0. The molecule has 3 heteroatoms. The summed E-state index contributed by atoms with van der Waals surface area (Å²) in [6, 6.07) is 0.